The number of methoxy groups -OCH3 is 1. The van der Waals surface area contributed by atoms with E-state index in [4.69, 9.17) is 21.1 Å². The highest BCUT2D eigenvalue weighted by atomic mass is 35.5. The smallest absolute Gasteiger partial charge is 0.295 e. The van der Waals surface area contributed by atoms with Gasteiger partial charge in [-0.05, 0) is 42.8 Å². The Bertz CT molecular complexity index is 990. The van der Waals surface area contributed by atoms with Gasteiger partial charge in [0, 0.05) is 19.2 Å². The second-order valence-electron chi connectivity index (χ2n) is 6.62. The summed E-state index contributed by atoms with van der Waals surface area (Å²) >= 11 is 6.11. The molecule has 0 radical (unpaired) electrons. The summed E-state index contributed by atoms with van der Waals surface area (Å²) in [5, 5.41) is 11.3. The molecule has 2 aromatic carbocycles. The van der Waals surface area contributed by atoms with Crippen LogP contribution in [0.25, 0.3) is 5.76 Å². The number of carbonyl (C=O) groups excluding carboxylic acids is 2. The second-order valence-corrected chi connectivity index (χ2v) is 7.02. The Hall–Kier alpha value is -2.90. The molecular formula is C22H21ClFNO5. The molecule has 8 heteroatoms. The first-order valence-corrected chi connectivity index (χ1v) is 9.72. The molecule has 0 aliphatic carbocycles. The zero-order valence-electron chi connectivity index (χ0n) is 16.5. The molecule has 30 heavy (non-hydrogen) atoms. The van der Waals surface area contributed by atoms with Crippen molar-refractivity contribution in [2.75, 3.05) is 26.9 Å². The van der Waals surface area contributed by atoms with Crippen molar-refractivity contribution < 1.29 is 28.6 Å². The minimum atomic E-state index is -0.882. The van der Waals surface area contributed by atoms with Gasteiger partial charge in [-0.25, -0.2) is 4.39 Å². The number of nitrogens with zero attached hydrogens (tertiary/aromatic N) is 1. The van der Waals surface area contributed by atoms with E-state index in [1.807, 2.05) is 0 Å². The van der Waals surface area contributed by atoms with Gasteiger partial charge in [0.15, 0.2) is 0 Å². The minimum Gasteiger partial charge on any atom is -0.507 e. The number of amides is 1. The van der Waals surface area contributed by atoms with Crippen LogP contribution in [0, 0.1) is 5.82 Å². The van der Waals surface area contributed by atoms with Crippen LogP contribution in [0.1, 0.15) is 24.1 Å². The number of ketones is 1. The van der Waals surface area contributed by atoms with E-state index in [9.17, 15) is 19.1 Å². The first-order chi connectivity index (χ1) is 14.4. The van der Waals surface area contributed by atoms with Gasteiger partial charge in [0.1, 0.15) is 17.3 Å². The lowest BCUT2D eigenvalue weighted by atomic mass is 9.95. The van der Waals surface area contributed by atoms with Gasteiger partial charge < -0.3 is 19.5 Å². The summed E-state index contributed by atoms with van der Waals surface area (Å²) < 4.78 is 23.9. The highest BCUT2D eigenvalue weighted by Gasteiger charge is 2.45. The van der Waals surface area contributed by atoms with E-state index < -0.39 is 23.5 Å². The van der Waals surface area contributed by atoms with E-state index in [1.165, 1.54) is 54.5 Å². The standard InChI is InChI=1S/C22H21ClFNO5/c1-3-30-17-12-14(6-9-16(17)23)20(26)18-19(13-4-7-15(24)8-5-13)25(10-11-29-2)22(28)21(18)27/h4-9,12,19,26H,3,10-11H2,1-2H3/b20-18-. The van der Waals surface area contributed by atoms with Crippen LogP contribution < -0.4 is 4.74 Å². The number of ether oxygens (including phenoxy) is 2. The molecule has 0 bridgehead atoms. The fourth-order valence-corrected chi connectivity index (χ4v) is 3.54. The molecule has 1 atom stereocenters. The van der Waals surface area contributed by atoms with E-state index in [1.54, 1.807) is 6.92 Å². The van der Waals surface area contributed by atoms with Gasteiger partial charge in [-0.3, -0.25) is 9.59 Å². The SMILES string of the molecule is CCOc1cc(/C(O)=C2/C(=O)C(=O)N(CCOC)C2c2ccc(F)cc2)ccc1Cl. The van der Waals surface area contributed by atoms with Crippen LogP contribution in [-0.4, -0.2) is 48.6 Å². The Morgan fingerprint density at radius 3 is 2.53 bits per heavy atom. The summed E-state index contributed by atoms with van der Waals surface area (Å²) in [6.45, 7) is 2.48. The summed E-state index contributed by atoms with van der Waals surface area (Å²) in [4.78, 5) is 26.8. The molecule has 0 aromatic heterocycles. The van der Waals surface area contributed by atoms with Crippen molar-refractivity contribution in [3.05, 3.63) is 70.0 Å². The van der Waals surface area contributed by atoms with E-state index in [0.29, 0.717) is 22.9 Å². The summed E-state index contributed by atoms with van der Waals surface area (Å²) in [5.41, 5.74) is 0.680. The highest BCUT2D eigenvalue weighted by Crippen LogP contribution is 2.40. The molecule has 1 saturated heterocycles. The van der Waals surface area contributed by atoms with Gasteiger partial charge >= 0.3 is 0 Å². The third-order valence-corrected chi connectivity index (χ3v) is 5.08. The lowest BCUT2D eigenvalue weighted by Gasteiger charge is -2.25. The van der Waals surface area contributed by atoms with Crippen LogP contribution in [0.2, 0.25) is 5.02 Å². The van der Waals surface area contributed by atoms with Crippen LogP contribution in [-0.2, 0) is 14.3 Å². The largest absolute Gasteiger partial charge is 0.507 e. The fourth-order valence-electron chi connectivity index (χ4n) is 3.36. The number of halogens is 2. The van der Waals surface area contributed by atoms with Gasteiger partial charge in [-0.2, -0.15) is 0 Å². The Kier molecular flexibility index (Phi) is 6.74. The number of Topliss-reactive ketones (excluding diaryl/α,β-unsaturated/α-hetero) is 1. The van der Waals surface area contributed by atoms with Crippen LogP contribution in [0.5, 0.6) is 5.75 Å². The molecule has 1 fully saturated rings. The number of rotatable bonds is 7. The number of aliphatic hydroxyl groups excluding tert-OH is 1. The molecule has 1 aliphatic rings. The predicted octanol–water partition coefficient (Wildman–Crippen LogP) is 3.95. The van der Waals surface area contributed by atoms with Crippen LogP contribution in [0.3, 0.4) is 0 Å². The average Bonchev–Trinajstić information content (AvgIpc) is 2.98. The van der Waals surface area contributed by atoms with Crippen molar-refractivity contribution in [2.24, 2.45) is 0 Å². The molecule has 1 amide bonds. The number of hydrogen-bond donors (Lipinski definition) is 1. The van der Waals surface area contributed by atoms with Gasteiger partial charge in [-0.15, -0.1) is 0 Å². The maximum absolute atomic E-state index is 13.4. The zero-order valence-corrected chi connectivity index (χ0v) is 17.3. The third-order valence-electron chi connectivity index (χ3n) is 4.77. The van der Waals surface area contributed by atoms with Crippen molar-refractivity contribution in [1.29, 1.82) is 0 Å². The Morgan fingerprint density at radius 2 is 1.90 bits per heavy atom. The highest BCUT2D eigenvalue weighted by molar-refractivity contribution is 6.46. The van der Waals surface area contributed by atoms with E-state index in [0.717, 1.165) is 0 Å². The molecule has 0 saturated carbocycles. The molecule has 1 aliphatic heterocycles. The van der Waals surface area contributed by atoms with Crippen LogP contribution >= 0.6 is 11.6 Å². The molecule has 2 aromatic rings. The average molecular weight is 434 g/mol. The van der Waals surface area contributed by atoms with Crippen LogP contribution in [0.15, 0.2) is 48.0 Å². The van der Waals surface area contributed by atoms with E-state index >= 15 is 0 Å². The third kappa shape index (κ3) is 4.17. The number of likely N-dealkylation sites (tertiary alicyclic amines) is 1. The molecule has 6 nitrogen and oxygen atoms in total. The molecule has 3 rings (SSSR count). The molecular weight excluding hydrogens is 413 g/mol. The normalized spacial score (nSPS) is 18.1. The summed E-state index contributed by atoms with van der Waals surface area (Å²) in [5.74, 6) is -2.06. The number of benzene rings is 2. The van der Waals surface area contributed by atoms with E-state index in [2.05, 4.69) is 0 Å². The van der Waals surface area contributed by atoms with Gasteiger partial charge in [0.2, 0.25) is 0 Å². The van der Waals surface area contributed by atoms with Gasteiger partial charge in [-0.1, -0.05) is 23.7 Å². The topological polar surface area (TPSA) is 76.1 Å². The molecule has 158 valence electrons. The monoisotopic (exact) mass is 433 g/mol. The van der Waals surface area contributed by atoms with Crippen molar-refractivity contribution >= 4 is 29.1 Å². The number of aliphatic hydroxyl groups is 1. The minimum absolute atomic E-state index is 0.0903. The Labute approximate surface area is 178 Å². The van der Waals surface area contributed by atoms with Crippen LogP contribution in [0.4, 0.5) is 4.39 Å². The lowest BCUT2D eigenvalue weighted by Crippen LogP contribution is -2.32. The Morgan fingerprint density at radius 1 is 1.20 bits per heavy atom. The molecule has 1 N–H and O–H groups in total. The maximum atomic E-state index is 13.4. The van der Waals surface area contributed by atoms with Gasteiger partial charge in [0.05, 0.1) is 29.9 Å². The molecule has 1 heterocycles. The number of carbonyl (C=O) groups is 2. The van der Waals surface area contributed by atoms with E-state index in [-0.39, 0.29) is 30.0 Å². The first-order valence-electron chi connectivity index (χ1n) is 9.34. The maximum Gasteiger partial charge on any atom is 0.295 e. The molecule has 0 spiro atoms. The summed E-state index contributed by atoms with van der Waals surface area (Å²) in [7, 11) is 1.48. The van der Waals surface area contributed by atoms with Crippen molar-refractivity contribution in [2.45, 2.75) is 13.0 Å². The van der Waals surface area contributed by atoms with Crippen molar-refractivity contribution in [1.82, 2.24) is 4.90 Å². The second kappa shape index (κ2) is 9.28. The lowest BCUT2D eigenvalue weighted by molar-refractivity contribution is -0.140. The van der Waals surface area contributed by atoms with Crippen molar-refractivity contribution in [3.63, 3.8) is 0 Å². The van der Waals surface area contributed by atoms with Crippen molar-refractivity contribution in [3.8, 4) is 5.75 Å². The predicted molar refractivity (Wildman–Crippen MR) is 110 cm³/mol. The van der Waals surface area contributed by atoms with Gasteiger partial charge in [0.25, 0.3) is 11.7 Å². The fraction of sp³-hybridized carbons (Fsp3) is 0.273. The molecule has 1 unspecified atom stereocenters. The zero-order chi connectivity index (χ0) is 21.8. The summed E-state index contributed by atoms with van der Waals surface area (Å²) in [6, 6.07) is 9.12. The summed E-state index contributed by atoms with van der Waals surface area (Å²) in [6.07, 6.45) is 0. The quantitative estimate of drug-likeness (QED) is 0.406. The first kappa shape index (κ1) is 21.8. The number of hydrogen-bond acceptors (Lipinski definition) is 5. The Balaban J connectivity index is 2.15.